The number of hydrogen-bond acceptors (Lipinski definition) is 2. The molecule has 16 heavy (non-hydrogen) atoms. The van der Waals surface area contributed by atoms with E-state index in [-0.39, 0.29) is 6.04 Å². The number of benzene rings is 1. The second-order valence-electron chi connectivity index (χ2n) is 4.18. The highest BCUT2D eigenvalue weighted by molar-refractivity contribution is 5.92. The molecule has 0 radical (unpaired) electrons. The summed E-state index contributed by atoms with van der Waals surface area (Å²) in [6, 6.07) is 8.23. The van der Waals surface area contributed by atoms with E-state index in [9.17, 15) is 0 Å². The maximum atomic E-state index is 5.76. The second kappa shape index (κ2) is 5.39. The summed E-state index contributed by atoms with van der Waals surface area (Å²) < 4.78 is 0. The highest BCUT2D eigenvalue weighted by atomic mass is 15.1. The minimum Gasteiger partial charge on any atom is -0.378 e. The number of rotatable bonds is 3. The molecule has 88 valence electrons. The molecule has 0 amide bonds. The molecule has 0 fully saturated rings. The molecule has 0 atom stereocenters. The predicted molar refractivity (Wildman–Crippen MR) is 71.2 cm³/mol. The summed E-state index contributed by atoms with van der Waals surface area (Å²) in [6.45, 7) is 3.98. The van der Waals surface area contributed by atoms with E-state index in [2.05, 4.69) is 10.3 Å². The van der Waals surface area contributed by atoms with Crippen molar-refractivity contribution in [3.8, 4) is 0 Å². The Morgan fingerprint density at radius 1 is 1.38 bits per heavy atom. The molecule has 1 aromatic rings. The lowest BCUT2D eigenvalue weighted by molar-refractivity contribution is 0.833. The van der Waals surface area contributed by atoms with E-state index in [1.165, 1.54) is 0 Å². The minimum absolute atomic E-state index is 0.199. The van der Waals surface area contributed by atoms with Crippen molar-refractivity contribution >= 4 is 17.3 Å². The highest BCUT2D eigenvalue weighted by Crippen LogP contribution is 2.16. The average molecular weight is 220 g/mol. The Morgan fingerprint density at radius 3 is 2.62 bits per heavy atom. The Labute approximate surface area is 97.2 Å². The van der Waals surface area contributed by atoms with Gasteiger partial charge in [0, 0.05) is 31.5 Å². The monoisotopic (exact) mass is 220 g/mol. The third-order valence-corrected chi connectivity index (χ3v) is 2.03. The van der Waals surface area contributed by atoms with Gasteiger partial charge in [-0.15, -0.1) is 0 Å². The summed E-state index contributed by atoms with van der Waals surface area (Å²) >= 11 is 0. The molecule has 4 heteroatoms. The van der Waals surface area contributed by atoms with Gasteiger partial charge in [0.1, 0.15) is 0 Å². The lowest BCUT2D eigenvalue weighted by atomic mass is 10.2. The summed E-state index contributed by atoms with van der Waals surface area (Å²) in [5.74, 6) is 0.450. The molecular weight excluding hydrogens is 200 g/mol. The van der Waals surface area contributed by atoms with Crippen molar-refractivity contribution in [3.63, 3.8) is 0 Å². The van der Waals surface area contributed by atoms with Gasteiger partial charge in [-0.2, -0.15) is 0 Å². The van der Waals surface area contributed by atoms with Crippen LogP contribution < -0.4 is 16.0 Å². The van der Waals surface area contributed by atoms with Gasteiger partial charge in [0.05, 0.1) is 0 Å². The average Bonchev–Trinajstić information content (AvgIpc) is 2.16. The second-order valence-corrected chi connectivity index (χ2v) is 4.18. The largest absolute Gasteiger partial charge is 0.378 e. The van der Waals surface area contributed by atoms with E-state index in [4.69, 9.17) is 5.73 Å². The molecule has 0 spiro atoms. The van der Waals surface area contributed by atoms with Crippen LogP contribution in [0.2, 0.25) is 0 Å². The number of nitrogens with one attached hydrogen (secondary N) is 1. The fraction of sp³-hybridized carbons (Fsp3) is 0.417. The maximum absolute atomic E-state index is 5.76. The van der Waals surface area contributed by atoms with Gasteiger partial charge in [-0.3, -0.25) is 4.99 Å². The Bertz CT molecular complexity index is 369. The first-order valence-electron chi connectivity index (χ1n) is 5.36. The molecule has 0 saturated carbocycles. The standard InChI is InChI=1S/C12H20N4/c1-9(2)14-12(13)15-10-6-5-7-11(8-10)16(3)4/h5-9H,1-4H3,(H3,13,14,15). The number of anilines is 2. The zero-order valence-electron chi connectivity index (χ0n) is 10.4. The van der Waals surface area contributed by atoms with Crippen LogP contribution in [-0.4, -0.2) is 26.1 Å². The van der Waals surface area contributed by atoms with E-state index in [0.29, 0.717) is 5.96 Å². The van der Waals surface area contributed by atoms with E-state index in [1.54, 1.807) is 0 Å². The van der Waals surface area contributed by atoms with Gasteiger partial charge in [-0.25, -0.2) is 0 Å². The third kappa shape index (κ3) is 3.81. The van der Waals surface area contributed by atoms with E-state index >= 15 is 0 Å². The van der Waals surface area contributed by atoms with Crippen LogP contribution in [0, 0.1) is 0 Å². The van der Waals surface area contributed by atoms with E-state index < -0.39 is 0 Å². The van der Waals surface area contributed by atoms with Gasteiger partial charge in [-0.1, -0.05) is 6.07 Å². The highest BCUT2D eigenvalue weighted by Gasteiger charge is 1.99. The molecule has 3 N–H and O–H groups in total. The zero-order chi connectivity index (χ0) is 12.1. The molecule has 0 unspecified atom stereocenters. The lowest BCUT2D eigenvalue weighted by Crippen LogP contribution is -2.24. The maximum Gasteiger partial charge on any atom is 0.193 e. The fourth-order valence-corrected chi connectivity index (χ4v) is 1.32. The van der Waals surface area contributed by atoms with Crippen molar-refractivity contribution in [2.24, 2.45) is 10.7 Å². The molecule has 0 aliphatic rings. The SMILES string of the molecule is CC(C)N=C(N)Nc1cccc(N(C)C)c1. The molecule has 0 aromatic heterocycles. The molecule has 0 aliphatic heterocycles. The Balaban J connectivity index is 2.78. The van der Waals surface area contributed by atoms with Crippen LogP contribution in [0.25, 0.3) is 0 Å². The van der Waals surface area contributed by atoms with Crippen LogP contribution in [-0.2, 0) is 0 Å². The van der Waals surface area contributed by atoms with Crippen molar-refractivity contribution < 1.29 is 0 Å². The molecule has 1 aromatic carbocycles. The van der Waals surface area contributed by atoms with Gasteiger partial charge >= 0.3 is 0 Å². The summed E-state index contributed by atoms with van der Waals surface area (Å²) in [4.78, 5) is 6.26. The van der Waals surface area contributed by atoms with Crippen molar-refractivity contribution in [2.75, 3.05) is 24.3 Å². The molecular formula is C12H20N4. The first-order chi connectivity index (χ1) is 7.49. The number of aliphatic imine (C=N–C) groups is 1. The van der Waals surface area contributed by atoms with E-state index in [1.807, 2.05) is 57.1 Å². The summed E-state index contributed by atoms with van der Waals surface area (Å²) in [6.07, 6.45) is 0. The van der Waals surface area contributed by atoms with Crippen LogP contribution in [0.1, 0.15) is 13.8 Å². The summed E-state index contributed by atoms with van der Waals surface area (Å²) in [7, 11) is 4.01. The smallest absolute Gasteiger partial charge is 0.193 e. The summed E-state index contributed by atoms with van der Waals surface area (Å²) in [5, 5.41) is 3.07. The fourth-order valence-electron chi connectivity index (χ4n) is 1.32. The first kappa shape index (κ1) is 12.4. The number of nitrogens with zero attached hydrogens (tertiary/aromatic N) is 2. The normalized spacial score (nSPS) is 11.7. The van der Waals surface area contributed by atoms with Crippen LogP contribution in [0.4, 0.5) is 11.4 Å². The van der Waals surface area contributed by atoms with E-state index in [0.717, 1.165) is 11.4 Å². The number of guanidine groups is 1. The van der Waals surface area contributed by atoms with Gasteiger partial charge in [0.25, 0.3) is 0 Å². The van der Waals surface area contributed by atoms with Crippen LogP contribution in [0.3, 0.4) is 0 Å². The van der Waals surface area contributed by atoms with Crippen molar-refractivity contribution in [1.82, 2.24) is 0 Å². The van der Waals surface area contributed by atoms with Crippen LogP contribution in [0.5, 0.6) is 0 Å². The Hall–Kier alpha value is -1.71. The molecule has 0 aliphatic carbocycles. The Kier molecular flexibility index (Phi) is 4.17. The lowest BCUT2D eigenvalue weighted by Gasteiger charge is -2.14. The molecule has 0 bridgehead atoms. The van der Waals surface area contributed by atoms with Gasteiger partial charge < -0.3 is 16.0 Å². The molecule has 0 saturated heterocycles. The van der Waals surface area contributed by atoms with Gasteiger partial charge in [0.2, 0.25) is 0 Å². The minimum atomic E-state index is 0.199. The van der Waals surface area contributed by atoms with Crippen LogP contribution in [0.15, 0.2) is 29.3 Å². The number of nitrogens with two attached hydrogens (primary N) is 1. The van der Waals surface area contributed by atoms with Gasteiger partial charge in [-0.05, 0) is 32.0 Å². The Morgan fingerprint density at radius 2 is 2.06 bits per heavy atom. The van der Waals surface area contributed by atoms with Crippen LogP contribution >= 0.6 is 0 Å². The van der Waals surface area contributed by atoms with Crippen molar-refractivity contribution in [1.29, 1.82) is 0 Å². The predicted octanol–water partition coefficient (Wildman–Crippen LogP) is 1.89. The molecule has 0 heterocycles. The van der Waals surface area contributed by atoms with Crippen molar-refractivity contribution in [3.05, 3.63) is 24.3 Å². The zero-order valence-corrected chi connectivity index (χ0v) is 10.4. The van der Waals surface area contributed by atoms with Crippen molar-refractivity contribution in [2.45, 2.75) is 19.9 Å². The third-order valence-electron chi connectivity index (χ3n) is 2.03. The number of hydrogen-bond donors (Lipinski definition) is 2. The molecule has 4 nitrogen and oxygen atoms in total. The topological polar surface area (TPSA) is 53.6 Å². The first-order valence-corrected chi connectivity index (χ1v) is 5.36. The summed E-state index contributed by atoms with van der Waals surface area (Å²) in [5.41, 5.74) is 7.84. The quantitative estimate of drug-likeness (QED) is 0.604. The molecule has 1 rings (SSSR count). The van der Waals surface area contributed by atoms with Gasteiger partial charge in [0.15, 0.2) is 5.96 Å².